The fraction of sp³-hybridized carbons (Fsp3) is 0.643. The molecule has 0 rings (SSSR count). The monoisotopic (exact) mass is 239 g/mol. The Morgan fingerprint density at radius 1 is 0.938 bits per heavy atom. The first kappa shape index (κ1) is 15.5. The summed E-state index contributed by atoms with van der Waals surface area (Å²) in [5.41, 5.74) is 1.30. The minimum absolute atomic E-state index is 0.0960. The Morgan fingerprint density at radius 2 is 1.38 bits per heavy atom. The van der Waals surface area contributed by atoms with Crippen molar-refractivity contribution in [3.05, 3.63) is 23.1 Å². The third-order valence-electron chi connectivity index (χ3n) is 2.46. The average Bonchev–Trinajstić information content (AvgIpc) is 1.99. The van der Waals surface area contributed by atoms with E-state index in [9.17, 15) is 0 Å². The second-order valence-corrected chi connectivity index (χ2v) is 7.28. The number of hydrogen-bond acceptors (Lipinski definition) is 2. The number of aliphatic imine (C=N–C) groups is 1. The lowest BCUT2D eigenvalue weighted by atomic mass is 9.91. The van der Waals surface area contributed by atoms with E-state index in [1.54, 1.807) is 11.8 Å². The Morgan fingerprint density at radius 3 is 1.69 bits per heavy atom. The van der Waals surface area contributed by atoms with Crippen molar-refractivity contribution in [1.29, 1.82) is 0 Å². The maximum absolute atomic E-state index is 4.53. The molecule has 0 saturated carbocycles. The number of hydrogen-bond donors (Lipinski definition) is 0. The molecule has 0 radical (unpaired) electrons. The topological polar surface area (TPSA) is 12.4 Å². The van der Waals surface area contributed by atoms with Crippen LogP contribution in [0.2, 0.25) is 0 Å². The molecule has 0 aromatic carbocycles. The van der Waals surface area contributed by atoms with Crippen LogP contribution in [0.3, 0.4) is 0 Å². The van der Waals surface area contributed by atoms with E-state index in [1.165, 1.54) is 0 Å². The molecule has 0 heterocycles. The zero-order valence-electron chi connectivity index (χ0n) is 11.8. The fourth-order valence-electron chi connectivity index (χ4n) is 0.673. The SMILES string of the molecule is C=C(N=C(C)C(C)(C)C)SC(=C)C(C)(C)C. The van der Waals surface area contributed by atoms with Crippen LogP contribution in [0.1, 0.15) is 48.5 Å². The van der Waals surface area contributed by atoms with Crippen molar-refractivity contribution < 1.29 is 0 Å². The van der Waals surface area contributed by atoms with Crippen LogP contribution in [0.5, 0.6) is 0 Å². The molecular formula is C14H25NS. The molecule has 0 aromatic rings. The van der Waals surface area contributed by atoms with Gasteiger partial charge in [0.05, 0.1) is 5.03 Å². The van der Waals surface area contributed by atoms with E-state index in [0.717, 1.165) is 15.6 Å². The number of nitrogens with zero attached hydrogens (tertiary/aromatic N) is 1. The second-order valence-electron chi connectivity index (χ2n) is 6.12. The van der Waals surface area contributed by atoms with Crippen molar-refractivity contribution in [2.75, 3.05) is 0 Å². The summed E-state index contributed by atoms with van der Waals surface area (Å²) >= 11 is 1.57. The highest BCUT2D eigenvalue weighted by molar-refractivity contribution is 8.06. The van der Waals surface area contributed by atoms with Crippen molar-refractivity contribution in [3.63, 3.8) is 0 Å². The van der Waals surface area contributed by atoms with Gasteiger partial charge in [-0.15, -0.1) is 0 Å². The van der Waals surface area contributed by atoms with Gasteiger partial charge in [-0.3, -0.25) is 4.99 Å². The van der Waals surface area contributed by atoms with Gasteiger partial charge in [-0.2, -0.15) is 0 Å². The average molecular weight is 239 g/mol. The van der Waals surface area contributed by atoms with Crippen molar-refractivity contribution in [2.45, 2.75) is 48.5 Å². The highest BCUT2D eigenvalue weighted by Gasteiger charge is 2.18. The highest BCUT2D eigenvalue weighted by atomic mass is 32.2. The van der Waals surface area contributed by atoms with Gasteiger partial charge in [0.2, 0.25) is 0 Å². The van der Waals surface area contributed by atoms with Crippen LogP contribution in [-0.2, 0) is 0 Å². The predicted molar refractivity (Wildman–Crippen MR) is 77.9 cm³/mol. The molecule has 92 valence electrons. The smallest absolute Gasteiger partial charge is 0.0931 e. The molecule has 0 saturated heterocycles. The summed E-state index contributed by atoms with van der Waals surface area (Å²) in [4.78, 5) is 5.63. The van der Waals surface area contributed by atoms with Crippen LogP contribution in [0, 0.1) is 10.8 Å². The van der Waals surface area contributed by atoms with E-state index in [4.69, 9.17) is 0 Å². The summed E-state index contributed by atoms with van der Waals surface area (Å²) in [7, 11) is 0. The zero-order valence-corrected chi connectivity index (χ0v) is 12.6. The first-order valence-electron chi connectivity index (χ1n) is 5.56. The zero-order chi connectivity index (χ0) is 13.1. The molecule has 2 heteroatoms. The van der Waals surface area contributed by atoms with Crippen molar-refractivity contribution in [3.8, 4) is 0 Å². The van der Waals surface area contributed by atoms with Crippen LogP contribution in [0.15, 0.2) is 28.1 Å². The molecule has 0 spiro atoms. The molecule has 1 nitrogen and oxygen atoms in total. The summed E-state index contributed by atoms with van der Waals surface area (Å²) in [6.07, 6.45) is 0. The minimum atomic E-state index is 0.0960. The van der Waals surface area contributed by atoms with E-state index in [1.807, 2.05) is 6.92 Å². The molecular weight excluding hydrogens is 214 g/mol. The van der Waals surface area contributed by atoms with Crippen LogP contribution in [-0.4, -0.2) is 5.71 Å². The van der Waals surface area contributed by atoms with E-state index < -0.39 is 0 Å². The molecule has 0 fully saturated rings. The predicted octanol–water partition coefficient (Wildman–Crippen LogP) is 5.26. The molecule has 0 unspecified atom stereocenters. The maximum Gasteiger partial charge on any atom is 0.0931 e. The third kappa shape index (κ3) is 5.55. The van der Waals surface area contributed by atoms with Gasteiger partial charge in [-0.05, 0) is 22.7 Å². The van der Waals surface area contributed by atoms with Gasteiger partial charge in [-0.25, -0.2) is 0 Å². The third-order valence-corrected chi connectivity index (χ3v) is 3.64. The Bertz CT molecular complexity index is 311. The van der Waals surface area contributed by atoms with Gasteiger partial charge < -0.3 is 0 Å². The van der Waals surface area contributed by atoms with Crippen LogP contribution >= 0.6 is 11.8 Å². The van der Waals surface area contributed by atoms with Crippen molar-refractivity contribution in [2.24, 2.45) is 15.8 Å². The standard InChI is InChI=1S/C14H25NS/c1-10(13(4,5)6)15-12(3)16-11(2)14(7,8)9/h2-3H2,1,4-9H3. The molecule has 0 aliphatic rings. The maximum atomic E-state index is 4.53. The van der Waals surface area contributed by atoms with Gasteiger partial charge >= 0.3 is 0 Å². The van der Waals surface area contributed by atoms with Crippen LogP contribution < -0.4 is 0 Å². The largest absolute Gasteiger partial charge is 0.251 e. The summed E-state index contributed by atoms with van der Waals surface area (Å²) in [5, 5.41) is 0.826. The fourth-order valence-corrected chi connectivity index (χ4v) is 1.45. The Labute approximate surface area is 105 Å². The van der Waals surface area contributed by atoms with Gasteiger partial charge in [0.1, 0.15) is 0 Å². The summed E-state index contributed by atoms with van der Waals surface area (Å²) in [5.74, 6) is 0. The van der Waals surface area contributed by atoms with E-state index in [2.05, 4.69) is 59.7 Å². The first-order valence-corrected chi connectivity index (χ1v) is 6.38. The Kier molecular flexibility index (Phi) is 5.06. The lowest BCUT2D eigenvalue weighted by Crippen LogP contribution is -2.16. The molecule has 0 amide bonds. The lowest BCUT2D eigenvalue weighted by Gasteiger charge is -2.22. The Hall–Kier alpha value is -0.500. The second kappa shape index (κ2) is 5.22. The molecule has 0 bridgehead atoms. The van der Waals surface area contributed by atoms with Gasteiger partial charge in [0.25, 0.3) is 0 Å². The number of thioether (sulfide) groups is 1. The summed E-state index contributed by atoms with van der Waals surface area (Å²) in [6, 6.07) is 0. The van der Waals surface area contributed by atoms with Gasteiger partial charge in [-0.1, -0.05) is 66.5 Å². The van der Waals surface area contributed by atoms with Crippen molar-refractivity contribution in [1.82, 2.24) is 0 Å². The molecule has 0 aromatic heterocycles. The van der Waals surface area contributed by atoms with Crippen molar-refractivity contribution >= 4 is 17.5 Å². The summed E-state index contributed by atoms with van der Waals surface area (Å²) in [6.45, 7) is 23.0. The number of allylic oxidation sites excluding steroid dienone is 1. The van der Waals surface area contributed by atoms with E-state index in [0.29, 0.717) is 0 Å². The van der Waals surface area contributed by atoms with E-state index in [-0.39, 0.29) is 10.8 Å². The molecule has 16 heavy (non-hydrogen) atoms. The van der Waals surface area contributed by atoms with Crippen LogP contribution in [0.25, 0.3) is 0 Å². The highest BCUT2D eigenvalue weighted by Crippen LogP contribution is 2.37. The molecule has 0 atom stereocenters. The lowest BCUT2D eigenvalue weighted by molar-refractivity contribution is 0.535. The molecule has 0 aliphatic carbocycles. The Balaban J connectivity index is 4.59. The van der Waals surface area contributed by atoms with Gasteiger partial charge in [0.15, 0.2) is 0 Å². The first-order chi connectivity index (χ1) is 6.94. The summed E-state index contributed by atoms with van der Waals surface area (Å²) < 4.78 is 0. The van der Waals surface area contributed by atoms with Crippen LogP contribution in [0.4, 0.5) is 0 Å². The molecule has 0 aliphatic heterocycles. The molecule has 0 N–H and O–H groups in total. The quantitative estimate of drug-likeness (QED) is 0.612. The van der Waals surface area contributed by atoms with Gasteiger partial charge in [0, 0.05) is 5.71 Å². The van der Waals surface area contributed by atoms with E-state index >= 15 is 0 Å². The normalized spacial score (nSPS) is 13.8. The minimum Gasteiger partial charge on any atom is -0.251 e. The number of rotatable bonds is 3.